The topological polar surface area (TPSA) is 64.9 Å². The molecule has 0 aliphatic carbocycles. The van der Waals surface area contributed by atoms with Crippen LogP contribution in [0.25, 0.3) is 0 Å². The summed E-state index contributed by atoms with van der Waals surface area (Å²) >= 11 is 3.28. The highest BCUT2D eigenvalue weighted by atomic mass is 79.9. The van der Waals surface area contributed by atoms with Gasteiger partial charge < -0.3 is 11.5 Å². The summed E-state index contributed by atoms with van der Waals surface area (Å²) in [5, 5.41) is 0. The van der Waals surface area contributed by atoms with Crippen molar-refractivity contribution in [2.75, 3.05) is 6.54 Å². The molecule has 0 aromatic carbocycles. The van der Waals surface area contributed by atoms with Crippen molar-refractivity contribution in [1.29, 1.82) is 0 Å². The maximum Gasteiger partial charge on any atom is 0.106 e. The smallest absolute Gasteiger partial charge is 0.106 e. The lowest BCUT2D eigenvalue weighted by Gasteiger charge is -2.08. The SMILES string of the molecule is Cl.NCC[C@H](N)c1cccc(Br)n1. The van der Waals surface area contributed by atoms with Gasteiger partial charge in [0.2, 0.25) is 0 Å². The summed E-state index contributed by atoms with van der Waals surface area (Å²) < 4.78 is 0.812. The molecule has 1 aromatic heterocycles. The van der Waals surface area contributed by atoms with Crippen LogP contribution in [-0.2, 0) is 0 Å². The lowest BCUT2D eigenvalue weighted by Crippen LogP contribution is -2.16. The molecule has 0 fully saturated rings. The number of pyridine rings is 1. The predicted octanol–water partition coefficient (Wildman–Crippen LogP) is 1.61. The molecule has 0 unspecified atom stereocenters. The van der Waals surface area contributed by atoms with Crippen LogP contribution in [0.4, 0.5) is 0 Å². The highest BCUT2D eigenvalue weighted by Crippen LogP contribution is 2.13. The van der Waals surface area contributed by atoms with Gasteiger partial charge in [0.25, 0.3) is 0 Å². The van der Waals surface area contributed by atoms with Gasteiger partial charge in [0.05, 0.1) is 5.69 Å². The van der Waals surface area contributed by atoms with Gasteiger partial charge in [-0.15, -0.1) is 12.4 Å². The molecular weight excluding hydrogens is 253 g/mol. The van der Waals surface area contributed by atoms with Crippen LogP contribution >= 0.6 is 28.3 Å². The van der Waals surface area contributed by atoms with Crippen molar-refractivity contribution in [2.24, 2.45) is 11.5 Å². The fraction of sp³-hybridized carbons (Fsp3) is 0.375. The molecule has 0 aliphatic rings. The Hall–Kier alpha value is -0.160. The Morgan fingerprint density at radius 1 is 1.46 bits per heavy atom. The zero-order valence-corrected chi connectivity index (χ0v) is 9.51. The molecule has 0 bridgehead atoms. The molecule has 5 heteroatoms. The largest absolute Gasteiger partial charge is 0.330 e. The second-order valence-corrected chi connectivity index (χ2v) is 3.38. The minimum atomic E-state index is -0.0486. The van der Waals surface area contributed by atoms with E-state index < -0.39 is 0 Å². The first-order chi connectivity index (χ1) is 5.74. The van der Waals surface area contributed by atoms with E-state index in [1.807, 2.05) is 18.2 Å². The monoisotopic (exact) mass is 265 g/mol. The van der Waals surface area contributed by atoms with E-state index in [1.165, 1.54) is 0 Å². The Balaban J connectivity index is 0.00000144. The van der Waals surface area contributed by atoms with E-state index in [-0.39, 0.29) is 18.4 Å². The quantitative estimate of drug-likeness (QED) is 0.817. The summed E-state index contributed by atoms with van der Waals surface area (Å²) in [6, 6.07) is 5.65. The first-order valence-corrected chi connectivity index (χ1v) is 4.61. The zero-order chi connectivity index (χ0) is 8.97. The molecule has 0 saturated heterocycles. The van der Waals surface area contributed by atoms with E-state index in [1.54, 1.807) is 0 Å². The average molecular weight is 267 g/mol. The van der Waals surface area contributed by atoms with Gasteiger partial charge in [-0.05, 0) is 41.0 Å². The third-order valence-electron chi connectivity index (χ3n) is 1.59. The van der Waals surface area contributed by atoms with Crippen molar-refractivity contribution in [1.82, 2.24) is 4.98 Å². The van der Waals surface area contributed by atoms with Crippen LogP contribution in [0.2, 0.25) is 0 Å². The Morgan fingerprint density at radius 3 is 2.69 bits per heavy atom. The highest BCUT2D eigenvalue weighted by molar-refractivity contribution is 9.10. The van der Waals surface area contributed by atoms with Crippen molar-refractivity contribution < 1.29 is 0 Å². The summed E-state index contributed by atoms with van der Waals surface area (Å²) in [7, 11) is 0. The van der Waals surface area contributed by atoms with Crippen molar-refractivity contribution in [3.05, 3.63) is 28.5 Å². The van der Waals surface area contributed by atoms with Crippen molar-refractivity contribution in [3.63, 3.8) is 0 Å². The maximum absolute atomic E-state index is 5.81. The van der Waals surface area contributed by atoms with E-state index in [9.17, 15) is 0 Å². The lowest BCUT2D eigenvalue weighted by atomic mass is 10.1. The van der Waals surface area contributed by atoms with Gasteiger partial charge in [0.15, 0.2) is 0 Å². The molecule has 0 radical (unpaired) electrons. The standard InChI is InChI=1S/C8H12BrN3.ClH/c9-8-3-1-2-7(12-8)6(11)4-5-10;/h1-3,6H,4-5,10-11H2;1H/t6-;/m0./s1. The number of hydrogen-bond acceptors (Lipinski definition) is 3. The van der Waals surface area contributed by atoms with E-state index in [2.05, 4.69) is 20.9 Å². The second-order valence-electron chi connectivity index (χ2n) is 2.57. The number of aromatic nitrogens is 1. The molecule has 1 atom stereocenters. The van der Waals surface area contributed by atoms with Gasteiger partial charge in [0, 0.05) is 6.04 Å². The maximum atomic E-state index is 5.81. The van der Waals surface area contributed by atoms with E-state index >= 15 is 0 Å². The molecule has 3 nitrogen and oxygen atoms in total. The Kier molecular flexibility index (Phi) is 6.24. The van der Waals surface area contributed by atoms with E-state index in [0.717, 1.165) is 16.7 Å². The van der Waals surface area contributed by atoms with Gasteiger partial charge in [0.1, 0.15) is 4.60 Å². The minimum Gasteiger partial charge on any atom is -0.330 e. The summed E-state index contributed by atoms with van der Waals surface area (Å²) in [6.45, 7) is 0.593. The fourth-order valence-electron chi connectivity index (χ4n) is 0.958. The summed E-state index contributed by atoms with van der Waals surface area (Å²) in [5.74, 6) is 0. The number of nitrogens with zero attached hydrogens (tertiary/aromatic N) is 1. The lowest BCUT2D eigenvalue weighted by molar-refractivity contribution is 0.641. The number of hydrogen-bond donors (Lipinski definition) is 2. The van der Waals surface area contributed by atoms with Gasteiger partial charge in [-0.1, -0.05) is 6.07 Å². The second kappa shape index (κ2) is 6.32. The molecule has 1 aromatic rings. The third-order valence-corrected chi connectivity index (χ3v) is 2.04. The van der Waals surface area contributed by atoms with Gasteiger partial charge in [-0.3, -0.25) is 0 Å². The van der Waals surface area contributed by atoms with Crippen LogP contribution in [0, 0.1) is 0 Å². The Bertz CT molecular complexity index is 257. The molecule has 0 amide bonds. The minimum absolute atomic E-state index is 0. The summed E-state index contributed by atoms with van der Waals surface area (Å²) in [6.07, 6.45) is 0.767. The number of halogens is 2. The van der Waals surface area contributed by atoms with Crippen LogP contribution < -0.4 is 11.5 Å². The van der Waals surface area contributed by atoms with Gasteiger partial charge in [-0.25, -0.2) is 4.98 Å². The first kappa shape index (κ1) is 12.8. The predicted molar refractivity (Wildman–Crippen MR) is 59.8 cm³/mol. The molecule has 1 heterocycles. The first-order valence-electron chi connectivity index (χ1n) is 3.82. The summed E-state index contributed by atoms with van der Waals surface area (Å²) in [4.78, 5) is 4.23. The van der Waals surface area contributed by atoms with Crippen LogP contribution in [0.3, 0.4) is 0 Å². The Labute approximate surface area is 92.4 Å². The third kappa shape index (κ3) is 4.04. The van der Waals surface area contributed by atoms with Crippen molar-refractivity contribution in [2.45, 2.75) is 12.5 Å². The molecular formula is C8H13BrClN3. The van der Waals surface area contributed by atoms with Crippen LogP contribution in [0.15, 0.2) is 22.8 Å². The molecule has 0 spiro atoms. The zero-order valence-electron chi connectivity index (χ0n) is 7.11. The van der Waals surface area contributed by atoms with E-state index in [0.29, 0.717) is 6.54 Å². The molecule has 1 rings (SSSR count). The average Bonchev–Trinajstić information content (AvgIpc) is 2.05. The molecule has 13 heavy (non-hydrogen) atoms. The van der Waals surface area contributed by atoms with Gasteiger partial charge in [-0.2, -0.15) is 0 Å². The fourth-order valence-corrected chi connectivity index (χ4v) is 1.32. The molecule has 4 N–H and O–H groups in total. The Morgan fingerprint density at radius 2 is 2.15 bits per heavy atom. The molecule has 0 saturated carbocycles. The van der Waals surface area contributed by atoms with Crippen molar-refractivity contribution in [3.8, 4) is 0 Å². The van der Waals surface area contributed by atoms with Crippen LogP contribution in [0.5, 0.6) is 0 Å². The van der Waals surface area contributed by atoms with E-state index in [4.69, 9.17) is 11.5 Å². The number of nitrogens with two attached hydrogens (primary N) is 2. The number of rotatable bonds is 3. The van der Waals surface area contributed by atoms with Crippen LogP contribution in [0.1, 0.15) is 18.2 Å². The molecule has 0 aliphatic heterocycles. The van der Waals surface area contributed by atoms with Gasteiger partial charge >= 0.3 is 0 Å². The highest BCUT2D eigenvalue weighted by Gasteiger charge is 2.05. The van der Waals surface area contributed by atoms with Crippen molar-refractivity contribution >= 4 is 28.3 Å². The van der Waals surface area contributed by atoms with Crippen LogP contribution in [-0.4, -0.2) is 11.5 Å². The normalized spacial score (nSPS) is 11.9. The molecule has 74 valence electrons. The summed E-state index contributed by atoms with van der Waals surface area (Å²) in [5.41, 5.74) is 12.1.